The topological polar surface area (TPSA) is 46.6 Å². The zero-order valence-corrected chi connectivity index (χ0v) is 21.4. The molecular formula is C28H33Cl2NO3. The highest BCUT2D eigenvalue weighted by atomic mass is 35.5. The first-order valence-electron chi connectivity index (χ1n) is 12.3. The van der Waals surface area contributed by atoms with Crippen molar-refractivity contribution in [2.45, 2.75) is 76.5 Å². The van der Waals surface area contributed by atoms with Crippen LogP contribution >= 0.6 is 23.2 Å². The standard InChI is InChI=1S/C28H33Cl2NO3/c1-3-24(25-9-4-5-16-34-25)31-26(19-10-12-21(29)13-11-19)23(20-7-6-8-22(30)17-20)18-28(2,14-15-32)27(31)33/h6-8,10-13,15,17,23-26H,3-5,9,14,16,18H2,1-2H3/t23-,24?,25?,26?,28+/m1/s1. The third-order valence-electron chi connectivity index (χ3n) is 7.54. The van der Waals surface area contributed by atoms with E-state index in [0.29, 0.717) is 16.5 Å². The van der Waals surface area contributed by atoms with Crippen molar-refractivity contribution in [3.63, 3.8) is 0 Å². The van der Waals surface area contributed by atoms with E-state index in [2.05, 4.69) is 17.9 Å². The molecule has 3 unspecified atom stereocenters. The number of aldehydes is 1. The largest absolute Gasteiger partial charge is 0.376 e. The van der Waals surface area contributed by atoms with Gasteiger partial charge >= 0.3 is 0 Å². The Morgan fingerprint density at radius 3 is 2.50 bits per heavy atom. The molecule has 5 atom stereocenters. The van der Waals surface area contributed by atoms with Crippen molar-refractivity contribution in [3.8, 4) is 0 Å². The van der Waals surface area contributed by atoms with E-state index in [9.17, 15) is 9.59 Å². The van der Waals surface area contributed by atoms with Gasteiger partial charge < -0.3 is 14.4 Å². The summed E-state index contributed by atoms with van der Waals surface area (Å²) in [7, 11) is 0. The van der Waals surface area contributed by atoms with Crippen LogP contribution in [0, 0.1) is 5.41 Å². The minimum absolute atomic E-state index is 0.0175. The fourth-order valence-electron chi connectivity index (χ4n) is 5.83. The summed E-state index contributed by atoms with van der Waals surface area (Å²) in [6.45, 7) is 4.77. The second-order valence-corrected chi connectivity index (χ2v) is 10.8. The number of hydrogen-bond donors (Lipinski definition) is 0. The number of carbonyl (C=O) groups is 2. The molecule has 2 aromatic rings. The highest BCUT2D eigenvalue weighted by molar-refractivity contribution is 6.30. The van der Waals surface area contributed by atoms with Crippen LogP contribution in [0.3, 0.4) is 0 Å². The number of benzene rings is 2. The third kappa shape index (κ3) is 5.05. The molecule has 4 nitrogen and oxygen atoms in total. The van der Waals surface area contributed by atoms with E-state index in [-0.39, 0.29) is 36.4 Å². The normalized spacial score (nSPS) is 28.5. The van der Waals surface area contributed by atoms with Crippen LogP contribution < -0.4 is 0 Å². The van der Waals surface area contributed by atoms with Gasteiger partial charge in [0.1, 0.15) is 6.29 Å². The molecule has 2 aliphatic rings. The summed E-state index contributed by atoms with van der Waals surface area (Å²) in [4.78, 5) is 28.0. The van der Waals surface area contributed by atoms with Gasteiger partial charge in [-0.25, -0.2) is 0 Å². The molecule has 2 heterocycles. The number of hydrogen-bond acceptors (Lipinski definition) is 3. The molecule has 34 heavy (non-hydrogen) atoms. The highest BCUT2D eigenvalue weighted by Gasteiger charge is 2.52. The van der Waals surface area contributed by atoms with Gasteiger partial charge in [0, 0.05) is 29.0 Å². The van der Waals surface area contributed by atoms with E-state index in [1.54, 1.807) is 0 Å². The minimum atomic E-state index is -0.792. The molecular weight excluding hydrogens is 469 g/mol. The molecule has 182 valence electrons. The fraction of sp³-hybridized carbons (Fsp3) is 0.500. The van der Waals surface area contributed by atoms with Crippen LogP contribution in [0.5, 0.6) is 0 Å². The maximum Gasteiger partial charge on any atom is 0.229 e. The lowest BCUT2D eigenvalue weighted by molar-refractivity contribution is -0.162. The van der Waals surface area contributed by atoms with Crippen molar-refractivity contribution < 1.29 is 14.3 Å². The number of amides is 1. The third-order valence-corrected chi connectivity index (χ3v) is 8.03. The quantitative estimate of drug-likeness (QED) is 0.383. The number of rotatable bonds is 7. The maximum atomic E-state index is 14.2. The van der Waals surface area contributed by atoms with Crippen molar-refractivity contribution in [2.24, 2.45) is 5.41 Å². The molecule has 2 aliphatic heterocycles. The van der Waals surface area contributed by atoms with E-state index >= 15 is 0 Å². The smallest absolute Gasteiger partial charge is 0.229 e. The van der Waals surface area contributed by atoms with Gasteiger partial charge in [-0.3, -0.25) is 4.79 Å². The lowest BCUT2D eigenvalue weighted by Crippen LogP contribution is -2.59. The number of piperidine rings is 1. The van der Waals surface area contributed by atoms with E-state index < -0.39 is 5.41 Å². The van der Waals surface area contributed by atoms with Crippen molar-refractivity contribution in [1.29, 1.82) is 0 Å². The Morgan fingerprint density at radius 1 is 1.12 bits per heavy atom. The van der Waals surface area contributed by atoms with E-state index in [0.717, 1.165) is 49.7 Å². The average Bonchev–Trinajstić information content (AvgIpc) is 2.84. The van der Waals surface area contributed by atoms with Gasteiger partial charge in [-0.05, 0) is 67.5 Å². The average molecular weight is 502 g/mol. The molecule has 1 amide bonds. The molecule has 0 bridgehead atoms. The summed E-state index contributed by atoms with van der Waals surface area (Å²) in [6, 6.07) is 15.4. The summed E-state index contributed by atoms with van der Waals surface area (Å²) >= 11 is 12.6. The van der Waals surface area contributed by atoms with Gasteiger partial charge in [0.15, 0.2) is 0 Å². The first-order valence-corrected chi connectivity index (χ1v) is 13.0. The van der Waals surface area contributed by atoms with E-state index in [1.807, 2.05) is 49.4 Å². The molecule has 0 aromatic heterocycles. The van der Waals surface area contributed by atoms with Crippen LogP contribution in [0.1, 0.15) is 75.5 Å². The number of halogens is 2. The van der Waals surface area contributed by atoms with Gasteiger partial charge in [-0.15, -0.1) is 0 Å². The summed E-state index contributed by atoms with van der Waals surface area (Å²) in [6.07, 6.45) is 5.48. The van der Waals surface area contributed by atoms with Gasteiger partial charge in [0.25, 0.3) is 0 Å². The minimum Gasteiger partial charge on any atom is -0.376 e. The Bertz CT molecular complexity index is 1000. The summed E-state index contributed by atoms with van der Waals surface area (Å²) < 4.78 is 6.22. The van der Waals surface area contributed by atoms with Crippen LogP contribution in [-0.2, 0) is 14.3 Å². The van der Waals surface area contributed by atoms with Crippen LogP contribution in [0.2, 0.25) is 10.0 Å². The maximum absolute atomic E-state index is 14.2. The molecule has 6 heteroatoms. The molecule has 0 saturated carbocycles. The molecule has 0 radical (unpaired) electrons. The summed E-state index contributed by atoms with van der Waals surface area (Å²) in [5.41, 5.74) is 1.31. The predicted octanol–water partition coefficient (Wildman–Crippen LogP) is 6.99. The Labute approximate surface area is 212 Å². The van der Waals surface area contributed by atoms with E-state index in [4.69, 9.17) is 27.9 Å². The Morgan fingerprint density at radius 2 is 1.88 bits per heavy atom. The van der Waals surface area contributed by atoms with Gasteiger partial charge in [-0.1, -0.05) is 61.3 Å². The summed E-state index contributed by atoms with van der Waals surface area (Å²) in [5.74, 6) is -0.000910. The highest BCUT2D eigenvalue weighted by Crippen LogP contribution is 2.52. The lowest BCUT2D eigenvalue weighted by Gasteiger charge is -2.53. The van der Waals surface area contributed by atoms with Crippen molar-refractivity contribution in [1.82, 2.24) is 4.90 Å². The number of likely N-dealkylation sites (tertiary alicyclic amines) is 1. The van der Waals surface area contributed by atoms with E-state index in [1.165, 1.54) is 0 Å². The Hall–Kier alpha value is -1.88. The van der Waals surface area contributed by atoms with Crippen LogP contribution in [0.4, 0.5) is 0 Å². The second kappa shape index (κ2) is 10.8. The summed E-state index contributed by atoms with van der Waals surface area (Å²) in [5, 5.41) is 1.32. The second-order valence-electron chi connectivity index (χ2n) is 9.89. The molecule has 2 fully saturated rings. The SMILES string of the molecule is CCC(C1CCCCO1)N1C(=O)[C@@](C)(CC=O)C[C@H](c2cccc(Cl)c2)C1c1ccc(Cl)cc1. The van der Waals surface area contributed by atoms with Crippen molar-refractivity contribution in [2.75, 3.05) is 6.61 Å². The fourth-order valence-corrected chi connectivity index (χ4v) is 6.15. The van der Waals surface area contributed by atoms with Crippen LogP contribution in [0.15, 0.2) is 48.5 Å². The Balaban J connectivity index is 1.88. The molecule has 0 spiro atoms. The zero-order valence-electron chi connectivity index (χ0n) is 19.9. The van der Waals surface area contributed by atoms with Gasteiger partial charge in [0.2, 0.25) is 5.91 Å². The molecule has 4 rings (SSSR count). The monoisotopic (exact) mass is 501 g/mol. The Kier molecular flexibility index (Phi) is 8.01. The van der Waals surface area contributed by atoms with Crippen molar-refractivity contribution in [3.05, 3.63) is 69.7 Å². The molecule has 2 aromatic carbocycles. The van der Waals surface area contributed by atoms with Gasteiger partial charge in [-0.2, -0.15) is 0 Å². The van der Waals surface area contributed by atoms with Crippen LogP contribution in [-0.4, -0.2) is 35.8 Å². The predicted molar refractivity (Wildman–Crippen MR) is 136 cm³/mol. The lowest BCUT2D eigenvalue weighted by atomic mass is 9.67. The van der Waals surface area contributed by atoms with Gasteiger partial charge in [0.05, 0.1) is 23.6 Å². The number of nitrogens with zero attached hydrogens (tertiary/aromatic N) is 1. The molecule has 2 saturated heterocycles. The first-order chi connectivity index (χ1) is 16.4. The van der Waals surface area contributed by atoms with Crippen LogP contribution in [0.25, 0.3) is 0 Å². The van der Waals surface area contributed by atoms with Crippen molar-refractivity contribution >= 4 is 35.4 Å². The first kappa shape index (κ1) is 25.2. The zero-order chi connectivity index (χ0) is 24.3. The molecule has 0 N–H and O–H groups in total. The number of carbonyl (C=O) groups excluding carboxylic acids is 2. The number of ether oxygens (including phenoxy) is 1. The molecule has 0 aliphatic carbocycles.